The quantitative estimate of drug-likeness (QED) is 0.216. The number of rotatable bonds is 6. The van der Waals surface area contributed by atoms with E-state index in [-0.39, 0.29) is 19.6 Å². The molecule has 0 fully saturated rings. The van der Waals surface area contributed by atoms with Gasteiger partial charge in [0.2, 0.25) is 5.71 Å². The van der Waals surface area contributed by atoms with Crippen LogP contribution in [0.4, 0.5) is 0 Å². The summed E-state index contributed by atoms with van der Waals surface area (Å²) in [5.41, 5.74) is -0.594. The molecule has 14 heavy (non-hydrogen) atoms. The second kappa shape index (κ2) is 7.02. The summed E-state index contributed by atoms with van der Waals surface area (Å²) in [6.07, 6.45) is -0.0191. The maximum atomic E-state index is 11.2. The molecular formula is C8H13NO5. The largest absolute Gasteiger partial charge is 0.461 e. The average molecular weight is 203 g/mol. The van der Waals surface area contributed by atoms with Crippen LogP contribution in [0.25, 0.3) is 0 Å². The summed E-state index contributed by atoms with van der Waals surface area (Å²) in [6.45, 7) is 1.87. The highest BCUT2D eigenvalue weighted by Gasteiger charge is 2.21. The Morgan fingerprint density at radius 3 is 2.50 bits per heavy atom. The maximum Gasteiger partial charge on any atom is 0.364 e. The Hall–Kier alpha value is -1.43. The molecule has 0 aromatic heterocycles. The molecule has 0 amide bonds. The number of esters is 1. The van der Waals surface area contributed by atoms with Crippen LogP contribution in [0.1, 0.15) is 13.3 Å². The van der Waals surface area contributed by atoms with Gasteiger partial charge in [-0.1, -0.05) is 5.16 Å². The molecule has 0 aromatic rings. The van der Waals surface area contributed by atoms with Gasteiger partial charge in [0.1, 0.15) is 0 Å². The lowest BCUT2D eigenvalue weighted by Crippen LogP contribution is -2.27. The van der Waals surface area contributed by atoms with Crippen LogP contribution in [-0.4, -0.2) is 43.0 Å². The lowest BCUT2D eigenvalue weighted by molar-refractivity contribution is -0.136. The van der Waals surface area contributed by atoms with Gasteiger partial charge in [0.25, 0.3) is 0 Å². The van der Waals surface area contributed by atoms with Crippen molar-refractivity contribution in [2.75, 3.05) is 20.3 Å². The zero-order chi connectivity index (χ0) is 11.0. The number of ketones is 1. The first-order chi connectivity index (χ1) is 6.67. The summed E-state index contributed by atoms with van der Waals surface area (Å²) in [6, 6.07) is 0. The molecule has 80 valence electrons. The summed E-state index contributed by atoms with van der Waals surface area (Å²) in [5.74, 6) is -1.52. The predicted molar refractivity (Wildman–Crippen MR) is 47.4 cm³/mol. The molecule has 0 radical (unpaired) electrons. The van der Waals surface area contributed by atoms with E-state index >= 15 is 0 Å². The van der Waals surface area contributed by atoms with Crippen molar-refractivity contribution < 1.29 is 24.3 Å². The molecule has 0 aromatic carbocycles. The van der Waals surface area contributed by atoms with E-state index in [1.807, 2.05) is 0 Å². The molecule has 0 aliphatic heterocycles. The maximum absolute atomic E-state index is 11.2. The zero-order valence-corrected chi connectivity index (χ0v) is 8.15. The van der Waals surface area contributed by atoms with Crippen molar-refractivity contribution in [2.45, 2.75) is 13.3 Å². The molecule has 0 aliphatic rings. The molecule has 0 aliphatic carbocycles. The lowest BCUT2D eigenvalue weighted by atomic mass is 10.2. The fourth-order valence-corrected chi connectivity index (χ4v) is 0.723. The Morgan fingerprint density at radius 2 is 2.07 bits per heavy atom. The van der Waals surface area contributed by atoms with Crippen molar-refractivity contribution in [3.8, 4) is 0 Å². The van der Waals surface area contributed by atoms with Crippen LogP contribution in [0.2, 0.25) is 0 Å². The molecule has 6 heteroatoms. The molecule has 0 unspecified atom stereocenters. The van der Waals surface area contributed by atoms with Crippen molar-refractivity contribution in [2.24, 2.45) is 5.16 Å². The second-order valence-corrected chi connectivity index (χ2v) is 2.34. The van der Waals surface area contributed by atoms with Crippen LogP contribution in [0, 0.1) is 0 Å². The Labute approximate surface area is 81.5 Å². The van der Waals surface area contributed by atoms with Gasteiger partial charge in [-0.05, 0) is 6.92 Å². The van der Waals surface area contributed by atoms with Gasteiger partial charge >= 0.3 is 5.97 Å². The van der Waals surface area contributed by atoms with Gasteiger partial charge in [-0.25, -0.2) is 4.79 Å². The number of ether oxygens (including phenoxy) is 2. The third-order valence-corrected chi connectivity index (χ3v) is 1.37. The van der Waals surface area contributed by atoms with Gasteiger partial charge in [-0.3, -0.25) is 4.79 Å². The van der Waals surface area contributed by atoms with Gasteiger partial charge in [-0.15, -0.1) is 0 Å². The normalized spacial score (nSPS) is 11.1. The lowest BCUT2D eigenvalue weighted by Gasteiger charge is -2.02. The van der Waals surface area contributed by atoms with E-state index in [1.165, 1.54) is 7.11 Å². The average Bonchev–Trinajstić information content (AvgIpc) is 2.16. The van der Waals surface area contributed by atoms with Gasteiger partial charge in [0.05, 0.1) is 13.2 Å². The first kappa shape index (κ1) is 12.6. The predicted octanol–water partition coefficient (Wildman–Crippen LogP) is -0.0147. The van der Waals surface area contributed by atoms with Crippen LogP contribution < -0.4 is 0 Å². The van der Waals surface area contributed by atoms with E-state index in [9.17, 15) is 9.59 Å². The van der Waals surface area contributed by atoms with Gasteiger partial charge in [0, 0.05) is 13.5 Å². The third-order valence-electron chi connectivity index (χ3n) is 1.37. The number of oxime groups is 1. The highest BCUT2D eigenvalue weighted by molar-refractivity contribution is 6.64. The molecule has 0 atom stereocenters. The minimum atomic E-state index is -0.920. The first-order valence-corrected chi connectivity index (χ1v) is 4.08. The first-order valence-electron chi connectivity index (χ1n) is 4.08. The highest BCUT2D eigenvalue weighted by Crippen LogP contribution is 1.92. The van der Waals surface area contributed by atoms with Gasteiger partial charge in [-0.2, -0.15) is 0 Å². The van der Waals surface area contributed by atoms with Crippen LogP contribution in [0.5, 0.6) is 0 Å². The van der Waals surface area contributed by atoms with Crippen LogP contribution in [-0.2, 0) is 19.1 Å². The molecule has 0 bridgehead atoms. The summed E-state index contributed by atoms with van der Waals surface area (Å²) in [4.78, 5) is 22.2. The standard InChI is InChI=1S/C8H13NO5/c1-3-14-8(11)7(9-12)6(10)4-5-13-2/h12H,3-5H2,1-2H3. The number of Topliss-reactive ketones (excluding diaryl/α,β-unsaturated/α-hetero) is 1. The SMILES string of the molecule is CCOC(=O)C(=NO)C(=O)CCOC. The van der Waals surface area contributed by atoms with Crippen LogP contribution in [0.15, 0.2) is 5.16 Å². The second-order valence-electron chi connectivity index (χ2n) is 2.34. The summed E-state index contributed by atoms with van der Waals surface area (Å²) in [5, 5.41) is 11.0. The summed E-state index contributed by atoms with van der Waals surface area (Å²) >= 11 is 0. The molecule has 0 saturated heterocycles. The number of hydrogen-bond acceptors (Lipinski definition) is 6. The Kier molecular flexibility index (Phi) is 6.30. The number of nitrogens with zero attached hydrogens (tertiary/aromatic N) is 1. The van der Waals surface area contributed by atoms with Crippen molar-refractivity contribution in [3.63, 3.8) is 0 Å². The molecule has 0 saturated carbocycles. The third kappa shape index (κ3) is 3.99. The summed E-state index contributed by atoms with van der Waals surface area (Å²) in [7, 11) is 1.42. The van der Waals surface area contributed by atoms with Gasteiger partial charge in [0.15, 0.2) is 5.78 Å². The summed E-state index contributed by atoms with van der Waals surface area (Å²) < 4.78 is 9.14. The van der Waals surface area contributed by atoms with Gasteiger partial charge < -0.3 is 14.7 Å². The Morgan fingerprint density at radius 1 is 1.43 bits per heavy atom. The number of carbonyl (C=O) groups excluding carboxylic acids is 2. The van der Waals surface area contributed by atoms with Crippen molar-refractivity contribution >= 4 is 17.5 Å². The molecule has 1 N–H and O–H groups in total. The van der Waals surface area contributed by atoms with E-state index in [0.717, 1.165) is 0 Å². The van der Waals surface area contributed by atoms with Crippen LogP contribution >= 0.6 is 0 Å². The Bertz CT molecular complexity index is 236. The van der Waals surface area contributed by atoms with E-state index in [2.05, 4.69) is 14.6 Å². The molecule has 0 spiro atoms. The number of methoxy groups -OCH3 is 1. The molecule has 0 rings (SSSR count). The number of hydrogen-bond donors (Lipinski definition) is 1. The molecular weight excluding hydrogens is 190 g/mol. The molecule has 0 heterocycles. The van der Waals surface area contributed by atoms with E-state index in [1.54, 1.807) is 6.92 Å². The zero-order valence-electron chi connectivity index (χ0n) is 8.15. The molecule has 6 nitrogen and oxygen atoms in total. The minimum Gasteiger partial charge on any atom is -0.461 e. The fraction of sp³-hybridized carbons (Fsp3) is 0.625. The van der Waals surface area contributed by atoms with Crippen molar-refractivity contribution in [3.05, 3.63) is 0 Å². The minimum absolute atomic E-state index is 0.0191. The highest BCUT2D eigenvalue weighted by atomic mass is 16.5. The van der Waals surface area contributed by atoms with Crippen molar-refractivity contribution in [1.82, 2.24) is 0 Å². The van der Waals surface area contributed by atoms with E-state index in [4.69, 9.17) is 5.21 Å². The van der Waals surface area contributed by atoms with E-state index in [0.29, 0.717) is 0 Å². The van der Waals surface area contributed by atoms with Crippen molar-refractivity contribution in [1.29, 1.82) is 0 Å². The van der Waals surface area contributed by atoms with Crippen LogP contribution in [0.3, 0.4) is 0 Å². The fourth-order valence-electron chi connectivity index (χ4n) is 0.723. The number of carbonyl (C=O) groups is 2. The van der Waals surface area contributed by atoms with E-state index < -0.39 is 17.5 Å². The Balaban J connectivity index is 4.27. The monoisotopic (exact) mass is 203 g/mol. The topological polar surface area (TPSA) is 85.2 Å². The smallest absolute Gasteiger partial charge is 0.364 e.